The number of nitrogens with zero attached hydrogens (tertiary/aromatic N) is 7. The van der Waals surface area contributed by atoms with Gasteiger partial charge in [0.1, 0.15) is 40.8 Å². The van der Waals surface area contributed by atoms with E-state index in [1.165, 1.54) is 11.6 Å². The normalized spacial score (nSPS) is 20.5. The summed E-state index contributed by atoms with van der Waals surface area (Å²) in [6, 6.07) is 4.39. The van der Waals surface area contributed by atoms with Crippen LogP contribution in [-0.2, 0) is 27.3 Å². The quantitative estimate of drug-likeness (QED) is 0.132. The smallest absolute Gasteiger partial charge is 0.248 e. The summed E-state index contributed by atoms with van der Waals surface area (Å²) < 4.78 is 2.05. The van der Waals surface area contributed by atoms with E-state index in [2.05, 4.69) is 46.3 Å². The van der Waals surface area contributed by atoms with Gasteiger partial charge in [0.2, 0.25) is 11.8 Å². The first-order valence-electron chi connectivity index (χ1n) is 13.6. The number of rotatable bonds is 8. The number of amides is 2. The van der Waals surface area contributed by atoms with Crippen molar-refractivity contribution < 1.29 is 19.2 Å². The van der Waals surface area contributed by atoms with Crippen LogP contribution in [0.3, 0.4) is 0 Å². The van der Waals surface area contributed by atoms with Gasteiger partial charge >= 0.3 is 0 Å². The van der Waals surface area contributed by atoms with Crippen LogP contribution < -0.4 is 5.32 Å². The molecule has 0 radical (unpaired) electrons. The van der Waals surface area contributed by atoms with Crippen molar-refractivity contribution >= 4 is 56.5 Å². The molecule has 4 aromatic rings. The minimum absolute atomic E-state index is 0.109. The van der Waals surface area contributed by atoms with Crippen molar-refractivity contribution in [1.29, 1.82) is 0 Å². The van der Waals surface area contributed by atoms with Crippen LogP contribution in [0.25, 0.3) is 22.2 Å². The number of anilines is 1. The third-order valence-corrected chi connectivity index (χ3v) is 8.46. The zero-order chi connectivity index (χ0) is 30.5. The lowest BCUT2D eigenvalue weighted by atomic mass is 9.73. The van der Waals surface area contributed by atoms with E-state index in [0.717, 1.165) is 11.8 Å². The molecule has 1 aliphatic heterocycles. The molecule has 13 heteroatoms. The topological polar surface area (TPSA) is 153 Å². The second-order valence-corrected chi connectivity index (χ2v) is 11.8. The highest BCUT2D eigenvalue weighted by Gasteiger charge is 2.55. The molecule has 2 amide bonds. The van der Waals surface area contributed by atoms with Gasteiger partial charge < -0.3 is 15.0 Å². The van der Waals surface area contributed by atoms with Crippen LogP contribution in [0.5, 0.6) is 0 Å². The SMILES string of the molecule is CC(=O)c1nn(CC(=O)N2[C@H](C(=O)Nc3nc(Br)ccc3C)C[C@@]3(C)C=C[C@@H]23)c2cnc(-c3cnc(CC=O)nc3)cc12. The zero-order valence-corrected chi connectivity index (χ0v) is 25.2. The summed E-state index contributed by atoms with van der Waals surface area (Å²) in [6.45, 7) is 5.11. The highest BCUT2D eigenvalue weighted by molar-refractivity contribution is 9.10. The number of nitrogens with one attached hydrogen (secondary N) is 1. The van der Waals surface area contributed by atoms with Gasteiger partial charge in [-0.2, -0.15) is 5.10 Å². The third kappa shape index (κ3) is 5.13. The van der Waals surface area contributed by atoms with Gasteiger partial charge in [-0.15, -0.1) is 0 Å². The van der Waals surface area contributed by atoms with Gasteiger partial charge in [-0.25, -0.2) is 15.0 Å². The number of fused-ring (bicyclic) bond motifs is 2. The number of Topliss-reactive ketones (excluding diaryl/α,β-unsaturated/α-hetero) is 1. The number of carbonyl (C=O) groups excluding carboxylic acids is 4. The van der Waals surface area contributed by atoms with Crippen molar-refractivity contribution in [2.75, 3.05) is 5.32 Å². The van der Waals surface area contributed by atoms with E-state index >= 15 is 0 Å². The van der Waals surface area contributed by atoms with Crippen molar-refractivity contribution in [3.8, 4) is 11.3 Å². The molecule has 12 nitrogen and oxygen atoms in total. The molecule has 6 rings (SSSR count). The summed E-state index contributed by atoms with van der Waals surface area (Å²) in [7, 11) is 0. The van der Waals surface area contributed by atoms with Crippen LogP contribution in [0.1, 0.15) is 42.1 Å². The maximum Gasteiger partial charge on any atom is 0.248 e. The first-order chi connectivity index (χ1) is 20.6. The van der Waals surface area contributed by atoms with E-state index in [1.807, 2.05) is 32.1 Å². The average Bonchev–Trinajstić information content (AvgIpc) is 3.43. The van der Waals surface area contributed by atoms with E-state index in [0.29, 0.717) is 44.8 Å². The molecule has 1 N–H and O–H groups in total. The molecule has 5 heterocycles. The molecule has 43 heavy (non-hydrogen) atoms. The monoisotopic (exact) mass is 642 g/mol. The summed E-state index contributed by atoms with van der Waals surface area (Å²) in [5.74, 6) is -0.0681. The van der Waals surface area contributed by atoms with Crippen LogP contribution in [0.2, 0.25) is 0 Å². The Morgan fingerprint density at radius 1 is 1.16 bits per heavy atom. The highest BCUT2D eigenvalue weighted by atomic mass is 79.9. The Bertz CT molecular complexity index is 1840. The van der Waals surface area contributed by atoms with Crippen LogP contribution in [0, 0.1) is 12.3 Å². The molecule has 0 spiro atoms. The summed E-state index contributed by atoms with van der Waals surface area (Å²) in [4.78, 5) is 69.7. The van der Waals surface area contributed by atoms with Crippen LogP contribution >= 0.6 is 15.9 Å². The molecule has 218 valence electrons. The van der Waals surface area contributed by atoms with E-state index in [-0.39, 0.29) is 47.7 Å². The lowest BCUT2D eigenvalue weighted by molar-refractivity contribution is -0.139. The number of aldehydes is 1. The fourth-order valence-electron chi connectivity index (χ4n) is 5.69. The maximum atomic E-state index is 13.9. The number of halogens is 1. The maximum absolute atomic E-state index is 13.9. The number of ketones is 1. The lowest BCUT2D eigenvalue weighted by Gasteiger charge is -2.38. The van der Waals surface area contributed by atoms with Gasteiger partial charge in [0.15, 0.2) is 5.78 Å². The van der Waals surface area contributed by atoms with Gasteiger partial charge in [-0.1, -0.05) is 25.1 Å². The second kappa shape index (κ2) is 10.9. The Morgan fingerprint density at radius 3 is 2.60 bits per heavy atom. The molecule has 3 atom stereocenters. The Labute approximate surface area is 254 Å². The first-order valence-corrected chi connectivity index (χ1v) is 14.4. The summed E-state index contributed by atoms with van der Waals surface area (Å²) in [5.41, 5.74) is 2.30. The number of aryl methyl sites for hydroxylation is 1. The molecular weight excluding hydrogens is 616 g/mol. The molecular formula is C30H27BrN8O4. The van der Waals surface area contributed by atoms with Crippen molar-refractivity contribution in [3.63, 3.8) is 0 Å². The standard InChI is InChI=1S/C30H27BrN8O4/c1-16-4-5-24(31)35-28(16)36-29(43)21-11-30(3)8-6-23(30)39(21)26(42)15-38-22-14-32-20(10-19(22)27(37-38)17(2)41)18-12-33-25(7-9-40)34-13-18/h4-6,8-10,12-14,21,23H,7,11,15H2,1-3H3,(H,35,36,43)/t21-,23+,30+/m0/s1. The third-order valence-electron chi connectivity index (χ3n) is 8.02. The Hall–Kier alpha value is -4.65. The zero-order valence-electron chi connectivity index (χ0n) is 23.6. The number of aromatic nitrogens is 6. The molecule has 2 aliphatic rings. The van der Waals surface area contributed by atoms with Crippen molar-refractivity contribution in [1.82, 2.24) is 34.6 Å². The Balaban J connectivity index is 1.29. The molecule has 0 bridgehead atoms. The van der Waals surface area contributed by atoms with Crippen LogP contribution in [0.15, 0.2) is 53.5 Å². The molecule has 0 saturated carbocycles. The summed E-state index contributed by atoms with van der Waals surface area (Å²) in [6.07, 6.45) is 9.96. The molecule has 1 aliphatic carbocycles. The largest absolute Gasteiger partial charge is 0.322 e. The number of hydrogen-bond donors (Lipinski definition) is 1. The predicted octanol–water partition coefficient (Wildman–Crippen LogP) is 3.48. The van der Waals surface area contributed by atoms with Crippen LogP contribution in [-0.4, -0.2) is 70.6 Å². The number of carbonyl (C=O) groups is 4. The van der Waals surface area contributed by atoms with Gasteiger partial charge in [-0.3, -0.25) is 24.0 Å². The molecule has 0 unspecified atom stereocenters. The minimum atomic E-state index is -0.723. The number of hydrogen-bond acceptors (Lipinski definition) is 9. The predicted molar refractivity (Wildman–Crippen MR) is 160 cm³/mol. The Kier molecular flexibility index (Phi) is 7.20. The highest BCUT2D eigenvalue weighted by Crippen LogP contribution is 2.49. The van der Waals surface area contributed by atoms with Crippen LogP contribution in [0.4, 0.5) is 5.82 Å². The van der Waals surface area contributed by atoms with Gasteiger partial charge in [0.25, 0.3) is 0 Å². The minimum Gasteiger partial charge on any atom is -0.322 e. The van der Waals surface area contributed by atoms with Gasteiger partial charge in [-0.05, 0) is 47.0 Å². The van der Waals surface area contributed by atoms with Crippen molar-refractivity contribution in [2.24, 2.45) is 5.41 Å². The molecule has 0 aromatic carbocycles. The van der Waals surface area contributed by atoms with E-state index in [9.17, 15) is 19.2 Å². The van der Waals surface area contributed by atoms with Gasteiger partial charge in [0, 0.05) is 35.7 Å². The average molecular weight is 644 g/mol. The van der Waals surface area contributed by atoms with E-state index < -0.39 is 6.04 Å². The fraction of sp³-hybridized carbons (Fsp3) is 0.300. The van der Waals surface area contributed by atoms with E-state index in [1.54, 1.807) is 35.6 Å². The summed E-state index contributed by atoms with van der Waals surface area (Å²) >= 11 is 3.34. The Morgan fingerprint density at radius 2 is 1.93 bits per heavy atom. The second-order valence-electron chi connectivity index (χ2n) is 11.0. The fourth-order valence-corrected chi connectivity index (χ4v) is 6.00. The van der Waals surface area contributed by atoms with Crippen molar-refractivity contribution in [2.45, 2.75) is 52.2 Å². The molecule has 1 saturated heterocycles. The van der Waals surface area contributed by atoms with E-state index in [4.69, 9.17) is 0 Å². The number of likely N-dealkylation sites (tertiary alicyclic amines) is 1. The first kappa shape index (κ1) is 28.5. The van der Waals surface area contributed by atoms with Crippen molar-refractivity contribution in [3.05, 3.63) is 70.6 Å². The van der Waals surface area contributed by atoms with Gasteiger partial charge in [0.05, 0.1) is 29.9 Å². The molecule has 1 fully saturated rings. The summed E-state index contributed by atoms with van der Waals surface area (Å²) in [5, 5.41) is 7.92. The lowest BCUT2D eigenvalue weighted by Crippen LogP contribution is -2.50. The molecule has 4 aromatic heterocycles. The number of pyridine rings is 2.